The van der Waals surface area contributed by atoms with Crippen LogP contribution in [0, 0.1) is 5.82 Å². The number of nitrogens with zero attached hydrogens (tertiary/aromatic N) is 1. The predicted octanol–water partition coefficient (Wildman–Crippen LogP) is 2.50. The molecule has 0 heterocycles. The molecule has 3 rings (SSSR count). The van der Waals surface area contributed by atoms with Gasteiger partial charge in [0.2, 0.25) is 10.0 Å². The Bertz CT molecular complexity index is 807. The Kier molecular flexibility index (Phi) is 4.48. The number of hydrogen-bond acceptors (Lipinski definition) is 3. The number of aryl methyl sites for hydroxylation is 1. The van der Waals surface area contributed by atoms with Crippen molar-refractivity contribution in [2.45, 2.75) is 23.8 Å². The van der Waals surface area contributed by atoms with Crippen LogP contribution < -0.4 is 0 Å². The molecule has 0 aliphatic heterocycles. The standard InChI is InChI=1S/C17H18FNO3S/c18-14-5-3-6-15(12-14)23(21,22)19(10-11-20)17-9-8-13-4-1-2-7-16(13)17/h1-7,12,17,20H,8-11H2. The lowest BCUT2D eigenvalue weighted by molar-refractivity contribution is 0.225. The summed E-state index contributed by atoms with van der Waals surface area (Å²) in [5.41, 5.74) is 2.08. The zero-order valence-electron chi connectivity index (χ0n) is 12.5. The van der Waals surface area contributed by atoms with Crippen LogP contribution >= 0.6 is 0 Å². The SMILES string of the molecule is O=S(=O)(c1cccc(F)c1)N(CCO)C1CCc2ccccc21. The van der Waals surface area contributed by atoms with E-state index in [0.717, 1.165) is 23.6 Å². The molecular formula is C17H18FNO3S. The molecule has 0 radical (unpaired) electrons. The van der Waals surface area contributed by atoms with Crippen LogP contribution in [0.4, 0.5) is 4.39 Å². The summed E-state index contributed by atoms with van der Waals surface area (Å²) in [5, 5.41) is 9.33. The summed E-state index contributed by atoms with van der Waals surface area (Å²) >= 11 is 0. The Morgan fingerprint density at radius 1 is 1.17 bits per heavy atom. The summed E-state index contributed by atoms with van der Waals surface area (Å²) < 4.78 is 40.6. The van der Waals surface area contributed by atoms with E-state index in [1.807, 2.05) is 24.3 Å². The number of rotatable bonds is 5. The molecule has 0 bridgehead atoms. The van der Waals surface area contributed by atoms with Crippen molar-refractivity contribution < 1.29 is 17.9 Å². The summed E-state index contributed by atoms with van der Waals surface area (Å²) in [4.78, 5) is -0.0877. The Hall–Kier alpha value is -1.76. The van der Waals surface area contributed by atoms with Crippen molar-refractivity contribution in [3.05, 3.63) is 65.5 Å². The molecule has 0 saturated heterocycles. The zero-order valence-corrected chi connectivity index (χ0v) is 13.3. The van der Waals surface area contributed by atoms with Gasteiger partial charge in [0.1, 0.15) is 5.82 Å². The van der Waals surface area contributed by atoms with E-state index in [2.05, 4.69) is 0 Å². The van der Waals surface area contributed by atoms with Crippen LogP contribution in [0.25, 0.3) is 0 Å². The molecule has 6 heteroatoms. The third-order valence-corrected chi connectivity index (χ3v) is 6.08. The minimum Gasteiger partial charge on any atom is -0.395 e. The molecule has 0 spiro atoms. The highest BCUT2D eigenvalue weighted by Crippen LogP contribution is 2.38. The summed E-state index contributed by atoms with van der Waals surface area (Å²) in [6, 6.07) is 12.4. The van der Waals surface area contributed by atoms with Gasteiger partial charge >= 0.3 is 0 Å². The topological polar surface area (TPSA) is 57.6 Å². The minimum absolute atomic E-state index is 0.0160. The van der Waals surface area contributed by atoms with Gasteiger partial charge in [-0.3, -0.25) is 0 Å². The van der Waals surface area contributed by atoms with E-state index in [1.165, 1.54) is 22.5 Å². The molecule has 4 nitrogen and oxygen atoms in total. The molecule has 23 heavy (non-hydrogen) atoms. The largest absolute Gasteiger partial charge is 0.395 e. The average molecular weight is 335 g/mol. The summed E-state index contributed by atoms with van der Waals surface area (Å²) in [6.45, 7) is -0.301. The van der Waals surface area contributed by atoms with Gasteiger partial charge in [-0.25, -0.2) is 12.8 Å². The molecule has 1 N–H and O–H groups in total. The number of sulfonamides is 1. The van der Waals surface area contributed by atoms with Crippen molar-refractivity contribution in [3.63, 3.8) is 0 Å². The predicted molar refractivity (Wildman–Crippen MR) is 84.9 cm³/mol. The lowest BCUT2D eigenvalue weighted by Crippen LogP contribution is -2.36. The number of fused-ring (bicyclic) bond motifs is 1. The van der Waals surface area contributed by atoms with Crippen LogP contribution in [0.2, 0.25) is 0 Å². The third kappa shape index (κ3) is 3.02. The van der Waals surface area contributed by atoms with Crippen LogP contribution in [-0.4, -0.2) is 31.0 Å². The van der Waals surface area contributed by atoms with E-state index in [9.17, 15) is 17.9 Å². The number of hydrogen-bond donors (Lipinski definition) is 1. The molecule has 2 aromatic carbocycles. The van der Waals surface area contributed by atoms with Crippen LogP contribution in [-0.2, 0) is 16.4 Å². The first-order valence-electron chi connectivity index (χ1n) is 7.50. The van der Waals surface area contributed by atoms with Gasteiger partial charge in [-0.15, -0.1) is 0 Å². The normalized spacial score (nSPS) is 17.4. The zero-order chi connectivity index (χ0) is 16.4. The Morgan fingerprint density at radius 3 is 2.70 bits per heavy atom. The fourth-order valence-electron chi connectivity index (χ4n) is 3.14. The monoisotopic (exact) mass is 335 g/mol. The Labute approximate surface area is 135 Å². The quantitative estimate of drug-likeness (QED) is 0.913. The highest BCUT2D eigenvalue weighted by Gasteiger charge is 2.35. The number of aliphatic hydroxyl groups excluding tert-OH is 1. The van der Waals surface area contributed by atoms with Gasteiger partial charge in [-0.05, 0) is 42.2 Å². The molecule has 1 aliphatic rings. The van der Waals surface area contributed by atoms with Crippen LogP contribution in [0.3, 0.4) is 0 Å². The summed E-state index contributed by atoms with van der Waals surface area (Å²) in [6.07, 6.45) is 1.45. The maximum absolute atomic E-state index is 13.4. The molecule has 0 saturated carbocycles. The molecule has 2 aromatic rings. The number of halogens is 1. The molecule has 0 aromatic heterocycles. The fraction of sp³-hybridized carbons (Fsp3) is 0.294. The van der Waals surface area contributed by atoms with Gasteiger partial charge in [-0.1, -0.05) is 30.3 Å². The van der Waals surface area contributed by atoms with Crippen molar-refractivity contribution in [1.29, 1.82) is 0 Å². The second-order valence-electron chi connectivity index (χ2n) is 5.55. The second kappa shape index (κ2) is 6.39. The Morgan fingerprint density at radius 2 is 1.96 bits per heavy atom. The van der Waals surface area contributed by atoms with Crippen LogP contribution in [0.5, 0.6) is 0 Å². The molecule has 1 unspecified atom stereocenters. The third-order valence-electron chi connectivity index (χ3n) is 4.17. The van der Waals surface area contributed by atoms with Gasteiger partial charge in [0.25, 0.3) is 0 Å². The van der Waals surface area contributed by atoms with Crippen molar-refractivity contribution in [2.75, 3.05) is 13.2 Å². The first kappa shape index (κ1) is 16.1. The molecule has 0 amide bonds. The molecule has 122 valence electrons. The lowest BCUT2D eigenvalue weighted by Gasteiger charge is -2.28. The van der Waals surface area contributed by atoms with Gasteiger partial charge in [0.15, 0.2) is 0 Å². The van der Waals surface area contributed by atoms with Crippen LogP contribution in [0.15, 0.2) is 53.4 Å². The fourth-order valence-corrected chi connectivity index (χ4v) is 4.80. The minimum atomic E-state index is -3.88. The van der Waals surface area contributed by atoms with Gasteiger partial charge in [0.05, 0.1) is 17.5 Å². The highest BCUT2D eigenvalue weighted by atomic mass is 32.2. The van der Waals surface area contributed by atoms with E-state index >= 15 is 0 Å². The maximum atomic E-state index is 13.4. The maximum Gasteiger partial charge on any atom is 0.243 e. The van der Waals surface area contributed by atoms with Crippen molar-refractivity contribution in [1.82, 2.24) is 4.31 Å². The van der Waals surface area contributed by atoms with Gasteiger partial charge < -0.3 is 5.11 Å². The molecular weight excluding hydrogens is 317 g/mol. The first-order valence-corrected chi connectivity index (χ1v) is 8.94. The van der Waals surface area contributed by atoms with Crippen molar-refractivity contribution in [3.8, 4) is 0 Å². The van der Waals surface area contributed by atoms with E-state index in [0.29, 0.717) is 6.42 Å². The first-order chi connectivity index (χ1) is 11.0. The van der Waals surface area contributed by atoms with E-state index in [-0.39, 0.29) is 24.1 Å². The van der Waals surface area contributed by atoms with E-state index < -0.39 is 15.8 Å². The number of aliphatic hydroxyl groups is 1. The van der Waals surface area contributed by atoms with Gasteiger partial charge in [-0.2, -0.15) is 4.31 Å². The van der Waals surface area contributed by atoms with E-state index in [1.54, 1.807) is 0 Å². The molecule has 0 fully saturated rings. The van der Waals surface area contributed by atoms with Crippen LogP contribution in [0.1, 0.15) is 23.6 Å². The smallest absolute Gasteiger partial charge is 0.243 e. The summed E-state index contributed by atoms with van der Waals surface area (Å²) in [7, 11) is -3.88. The average Bonchev–Trinajstić information content (AvgIpc) is 2.96. The van der Waals surface area contributed by atoms with Crippen molar-refractivity contribution in [2.24, 2.45) is 0 Å². The summed E-state index contributed by atoms with van der Waals surface area (Å²) in [5.74, 6) is -0.596. The van der Waals surface area contributed by atoms with Gasteiger partial charge in [0, 0.05) is 6.54 Å². The Balaban J connectivity index is 2.03. The highest BCUT2D eigenvalue weighted by molar-refractivity contribution is 7.89. The molecule has 1 atom stereocenters. The van der Waals surface area contributed by atoms with Crippen molar-refractivity contribution >= 4 is 10.0 Å². The number of benzene rings is 2. The second-order valence-corrected chi connectivity index (χ2v) is 7.44. The lowest BCUT2D eigenvalue weighted by atomic mass is 10.1. The molecule has 1 aliphatic carbocycles. The van der Waals surface area contributed by atoms with E-state index in [4.69, 9.17) is 0 Å².